The van der Waals surface area contributed by atoms with E-state index in [-0.39, 0.29) is 18.3 Å². The number of nitrogens with one attached hydrogen (secondary N) is 1. The third kappa shape index (κ3) is 3.59. The molecule has 4 nitrogen and oxygen atoms in total. The first kappa shape index (κ1) is 14.6. The number of phenolic OH excluding ortho intramolecular Hbond substituents is 1. The van der Waals surface area contributed by atoms with Crippen molar-refractivity contribution in [2.24, 2.45) is 0 Å². The number of carbonyl (C=O) groups excluding carboxylic acids is 1. The van der Waals surface area contributed by atoms with E-state index in [0.29, 0.717) is 16.6 Å². The van der Waals surface area contributed by atoms with Gasteiger partial charge in [0.15, 0.2) is 0 Å². The lowest BCUT2D eigenvalue weighted by molar-refractivity contribution is 0.0950. The van der Waals surface area contributed by atoms with Crippen molar-refractivity contribution in [2.75, 3.05) is 0 Å². The van der Waals surface area contributed by atoms with Crippen LogP contribution in [0.2, 0.25) is 0 Å². The summed E-state index contributed by atoms with van der Waals surface area (Å²) in [6.07, 6.45) is 0. The van der Waals surface area contributed by atoms with Crippen LogP contribution in [0.3, 0.4) is 0 Å². The van der Waals surface area contributed by atoms with Gasteiger partial charge in [0.25, 0.3) is 5.91 Å². The number of benzene rings is 2. The van der Waals surface area contributed by atoms with Crippen LogP contribution in [0.4, 0.5) is 0 Å². The molecule has 0 bridgehead atoms. The minimum atomic E-state index is -0.262. The Labute approximate surface area is 125 Å². The molecular formula is C15H14BrNO3. The molecule has 0 aromatic heterocycles. The topological polar surface area (TPSA) is 69.6 Å². The molecule has 104 valence electrons. The van der Waals surface area contributed by atoms with Crippen LogP contribution in [0.25, 0.3) is 0 Å². The fraction of sp³-hybridized carbons (Fsp3) is 0.133. The second-order valence-electron chi connectivity index (χ2n) is 4.33. The number of aromatic hydroxyl groups is 1. The number of aliphatic hydroxyl groups is 1. The second-order valence-corrected chi connectivity index (χ2v) is 5.18. The summed E-state index contributed by atoms with van der Waals surface area (Å²) in [6, 6.07) is 12.0. The predicted octanol–water partition coefficient (Wildman–Crippen LogP) is 2.58. The highest BCUT2D eigenvalue weighted by Gasteiger charge is 2.08. The molecule has 0 aliphatic rings. The van der Waals surface area contributed by atoms with Gasteiger partial charge >= 0.3 is 0 Å². The largest absolute Gasteiger partial charge is 0.507 e. The van der Waals surface area contributed by atoms with Gasteiger partial charge in [0.2, 0.25) is 0 Å². The van der Waals surface area contributed by atoms with Crippen LogP contribution in [0.15, 0.2) is 46.9 Å². The van der Waals surface area contributed by atoms with E-state index in [1.807, 2.05) is 24.3 Å². The van der Waals surface area contributed by atoms with Gasteiger partial charge in [-0.3, -0.25) is 4.79 Å². The molecule has 3 N–H and O–H groups in total. The van der Waals surface area contributed by atoms with Crippen LogP contribution in [0.1, 0.15) is 21.5 Å². The molecule has 0 aliphatic carbocycles. The number of halogens is 1. The molecule has 2 aromatic carbocycles. The van der Waals surface area contributed by atoms with Crippen LogP contribution >= 0.6 is 15.9 Å². The third-order valence-corrected chi connectivity index (χ3v) is 3.51. The summed E-state index contributed by atoms with van der Waals surface area (Å²) in [4.78, 5) is 11.9. The second kappa shape index (κ2) is 6.54. The Kier molecular flexibility index (Phi) is 4.76. The van der Waals surface area contributed by atoms with E-state index >= 15 is 0 Å². The molecule has 1 amide bonds. The number of aliphatic hydroxyl groups excluding tert-OH is 1. The Morgan fingerprint density at radius 3 is 2.60 bits per heavy atom. The third-order valence-electron chi connectivity index (χ3n) is 2.84. The van der Waals surface area contributed by atoms with E-state index in [1.54, 1.807) is 12.1 Å². The van der Waals surface area contributed by atoms with Gasteiger partial charge in [-0.1, -0.05) is 24.3 Å². The van der Waals surface area contributed by atoms with Gasteiger partial charge in [0.1, 0.15) is 5.75 Å². The molecule has 0 saturated carbocycles. The first-order valence-electron chi connectivity index (χ1n) is 6.05. The molecule has 2 rings (SSSR count). The molecular weight excluding hydrogens is 322 g/mol. The number of amides is 1. The molecule has 0 fully saturated rings. The minimum absolute atomic E-state index is 0.0254. The minimum Gasteiger partial charge on any atom is -0.507 e. The van der Waals surface area contributed by atoms with Crippen molar-refractivity contribution in [1.29, 1.82) is 0 Å². The molecule has 0 heterocycles. The van der Waals surface area contributed by atoms with Gasteiger partial charge in [-0.25, -0.2) is 0 Å². The first-order valence-corrected chi connectivity index (χ1v) is 6.85. The van der Waals surface area contributed by atoms with Crippen molar-refractivity contribution in [3.63, 3.8) is 0 Å². The Morgan fingerprint density at radius 1 is 1.15 bits per heavy atom. The van der Waals surface area contributed by atoms with Crippen LogP contribution in [-0.2, 0) is 13.2 Å². The summed E-state index contributed by atoms with van der Waals surface area (Å²) in [5, 5.41) is 21.4. The van der Waals surface area contributed by atoms with Gasteiger partial charge in [0, 0.05) is 12.1 Å². The van der Waals surface area contributed by atoms with Crippen molar-refractivity contribution in [3.8, 4) is 5.75 Å². The van der Waals surface area contributed by atoms with Crippen LogP contribution in [0, 0.1) is 0 Å². The lowest BCUT2D eigenvalue weighted by Gasteiger charge is -2.07. The molecule has 2 aromatic rings. The summed E-state index contributed by atoms with van der Waals surface area (Å²) in [5.74, 6) is -0.234. The van der Waals surface area contributed by atoms with Crippen LogP contribution < -0.4 is 5.32 Å². The maximum Gasteiger partial charge on any atom is 0.251 e. The zero-order chi connectivity index (χ0) is 14.5. The first-order chi connectivity index (χ1) is 9.60. The van der Waals surface area contributed by atoms with E-state index in [4.69, 9.17) is 5.11 Å². The number of rotatable bonds is 4. The van der Waals surface area contributed by atoms with E-state index in [2.05, 4.69) is 21.2 Å². The predicted molar refractivity (Wildman–Crippen MR) is 79.3 cm³/mol. The molecule has 0 atom stereocenters. The van der Waals surface area contributed by atoms with Gasteiger partial charge < -0.3 is 15.5 Å². The summed E-state index contributed by atoms with van der Waals surface area (Å²) in [6.45, 7) is 0.339. The molecule has 0 radical (unpaired) electrons. The van der Waals surface area contributed by atoms with Crippen molar-refractivity contribution >= 4 is 21.8 Å². The number of carbonyl (C=O) groups is 1. The van der Waals surface area contributed by atoms with Gasteiger partial charge in [0.05, 0.1) is 11.1 Å². The van der Waals surface area contributed by atoms with Crippen molar-refractivity contribution in [1.82, 2.24) is 5.32 Å². The zero-order valence-corrected chi connectivity index (χ0v) is 12.2. The average molecular weight is 336 g/mol. The number of phenols is 1. The zero-order valence-electron chi connectivity index (χ0n) is 10.6. The molecule has 20 heavy (non-hydrogen) atoms. The van der Waals surface area contributed by atoms with Gasteiger partial charge in [-0.05, 0) is 45.3 Å². The average Bonchev–Trinajstić information content (AvgIpc) is 2.47. The Balaban J connectivity index is 2.02. The van der Waals surface area contributed by atoms with E-state index in [9.17, 15) is 9.90 Å². The number of hydrogen-bond acceptors (Lipinski definition) is 3. The summed E-state index contributed by atoms with van der Waals surface area (Å²) >= 11 is 3.16. The van der Waals surface area contributed by atoms with E-state index in [1.165, 1.54) is 6.07 Å². The Morgan fingerprint density at radius 2 is 1.90 bits per heavy atom. The highest BCUT2D eigenvalue weighted by Crippen LogP contribution is 2.24. The molecule has 0 unspecified atom stereocenters. The monoisotopic (exact) mass is 335 g/mol. The summed E-state index contributed by atoms with van der Waals surface area (Å²) < 4.78 is 0.546. The summed E-state index contributed by atoms with van der Waals surface area (Å²) in [5.41, 5.74) is 2.10. The van der Waals surface area contributed by atoms with E-state index in [0.717, 1.165) is 11.1 Å². The van der Waals surface area contributed by atoms with Gasteiger partial charge in [-0.2, -0.15) is 0 Å². The molecule has 5 heteroatoms. The van der Waals surface area contributed by atoms with Crippen LogP contribution in [0.5, 0.6) is 5.75 Å². The smallest absolute Gasteiger partial charge is 0.251 e. The normalized spacial score (nSPS) is 10.3. The fourth-order valence-electron chi connectivity index (χ4n) is 1.78. The quantitative estimate of drug-likeness (QED) is 0.804. The SMILES string of the molecule is O=C(NCc1cccc(CO)c1)c1ccc(Br)c(O)c1. The standard InChI is InChI=1S/C15H14BrNO3/c16-13-5-4-12(7-14(13)19)15(20)17-8-10-2-1-3-11(6-10)9-18/h1-7,18-19H,8-9H2,(H,17,20). The molecule has 0 aliphatic heterocycles. The van der Waals surface area contributed by atoms with Crippen LogP contribution in [-0.4, -0.2) is 16.1 Å². The molecule has 0 saturated heterocycles. The maximum atomic E-state index is 11.9. The highest BCUT2D eigenvalue weighted by atomic mass is 79.9. The molecule has 0 spiro atoms. The summed E-state index contributed by atoms with van der Waals surface area (Å²) in [7, 11) is 0. The van der Waals surface area contributed by atoms with Crippen molar-refractivity contribution < 1.29 is 15.0 Å². The lowest BCUT2D eigenvalue weighted by atomic mass is 10.1. The van der Waals surface area contributed by atoms with Crippen molar-refractivity contribution in [3.05, 3.63) is 63.6 Å². The number of hydrogen-bond donors (Lipinski definition) is 3. The fourth-order valence-corrected chi connectivity index (χ4v) is 2.02. The van der Waals surface area contributed by atoms with Crippen molar-refractivity contribution in [2.45, 2.75) is 13.2 Å². The Hall–Kier alpha value is -1.85. The lowest BCUT2D eigenvalue weighted by Crippen LogP contribution is -2.22. The maximum absolute atomic E-state index is 11.9. The van der Waals surface area contributed by atoms with Gasteiger partial charge in [-0.15, -0.1) is 0 Å². The Bertz CT molecular complexity index is 628. The highest BCUT2D eigenvalue weighted by molar-refractivity contribution is 9.10. The van der Waals surface area contributed by atoms with E-state index < -0.39 is 0 Å².